The van der Waals surface area contributed by atoms with Gasteiger partial charge in [0, 0.05) is 5.56 Å². The van der Waals surface area contributed by atoms with Gasteiger partial charge in [0.25, 0.3) is 0 Å². The van der Waals surface area contributed by atoms with Crippen LogP contribution in [0.25, 0.3) is 6.08 Å². The third-order valence-electron chi connectivity index (χ3n) is 2.28. The van der Waals surface area contributed by atoms with Crippen LogP contribution in [-0.4, -0.2) is 13.1 Å². The van der Waals surface area contributed by atoms with Crippen molar-refractivity contribution in [1.29, 1.82) is 0 Å². The maximum Gasteiger partial charge on any atom is 0.147 e. The molecule has 1 N–H and O–H groups in total. The second-order valence-corrected chi connectivity index (χ2v) is 4.55. The highest BCUT2D eigenvalue weighted by Crippen LogP contribution is 2.22. The predicted octanol–water partition coefficient (Wildman–Crippen LogP) is 4.13. The van der Waals surface area contributed by atoms with Crippen LogP contribution in [0.5, 0.6) is 0 Å². The van der Waals surface area contributed by atoms with Crippen LogP contribution in [0.2, 0.25) is 0 Å². The van der Waals surface area contributed by atoms with Crippen LogP contribution < -0.4 is 5.32 Å². The topological polar surface area (TPSA) is 12.0 Å². The van der Waals surface area contributed by atoms with Gasteiger partial charge in [-0.05, 0) is 54.0 Å². The first kappa shape index (κ1) is 14.3. The molecule has 0 atom stereocenters. The van der Waals surface area contributed by atoms with Crippen LogP contribution in [0.4, 0.5) is 8.78 Å². The van der Waals surface area contributed by atoms with Gasteiger partial charge in [-0.15, -0.1) is 0 Å². The summed E-state index contributed by atoms with van der Waals surface area (Å²) in [7, 11) is 0. The summed E-state index contributed by atoms with van der Waals surface area (Å²) in [6.45, 7) is 3.88. The van der Waals surface area contributed by atoms with Gasteiger partial charge in [-0.25, -0.2) is 8.78 Å². The summed E-state index contributed by atoms with van der Waals surface area (Å²) in [5.74, 6) is -1.09. The van der Waals surface area contributed by atoms with Gasteiger partial charge in [-0.3, -0.25) is 0 Å². The molecule has 1 aromatic rings. The molecule has 0 aromatic heterocycles. The van der Waals surface area contributed by atoms with Gasteiger partial charge in [0.05, 0.1) is 4.47 Å². The third kappa shape index (κ3) is 4.56. The van der Waals surface area contributed by atoms with E-state index in [1.807, 2.05) is 0 Å². The Kier molecular flexibility index (Phi) is 6.37. The summed E-state index contributed by atoms with van der Waals surface area (Å²) in [4.78, 5) is 0. The van der Waals surface area contributed by atoms with E-state index in [4.69, 9.17) is 0 Å². The molecular formula is C13H16BrF2N. The SMILES string of the molecule is CCCNCC/C=C/c1c(F)ccc(Br)c1F. The van der Waals surface area contributed by atoms with E-state index in [0.717, 1.165) is 25.9 Å². The van der Waals surface area contributed by atoms with Crippen LogP contribution in [0.15, 0.2) is 22.7 Å². The lowest BCUT2D eigenvalue weighted by molar-refractivity contribution is 0.574. The Bertz CT molecular complexity index is 391. The van der Waals surface area contributed by atoms with Gasteiger partial charge in [0.2, 0.25) is 0 Å². The minimum absolute atomic E-state index is 0.00914. The largest absolute Gasteiger partial charge is 0.316 e. The number of hydrogen-bond donors (Lipinski definition) is 1. The van der Waals surface area contributed by atoms with Gasteiger partial charge in [0.1, 0.15) is 11.6 Å². The van der Waals surface area contributed by atoms with Crippen LogP contribution in [-0.2, 0) is 0 Å². The average Bonchev–Trinajstić information content (AvgIpc) is 2.32. The molecule has 0 heterocycles. The van der Waals surface area contributed by atoms with Crippen LogP contribution >= 0.6 is 15.9 Å². The fourth-order valence-electron chi connectivity index (χ4n) is 1.38. The minimum atomic E-state index is -0.553. The van der Waals surface area contributed by atoms with Gasteiger partial charge in [-0.1, -0.05) is 19.1 Å². The quantitative estimate of drug-likeness (QED) is 0.615. The van der Waals surface area contributed by atoms with E-state index < -0.39 is 11.6 Å². The molecule has 94 valence electrons. The summed E-state index contributed by atoms with van der Waals surface area (Å²) >= 11 is 3.04. The molecule has 0 aliphatic heterocycles. The number of benzene rings is 1. The summed E-state index contributed by atoms with van der Waals surface area (Å²) < 4.78 is 27.2. The number of hydrogen-bond acceptors (Lipinski definition) is 1. The molecule has 0 bridgehead atoms. The Morgan fingerprint density at radius 3 is 2.76 bits per heavy atom. The van der Waals surface area contributed by atoms with E-state index >= 15 is 0 Å². The van der Waals surface area contributed by atoms with Crippen molar-refractivity contribution in [2.24, 2.45) is 0 Å². The Labute approximate surface area is 109 Å². The van der Waals surface area contributed by atoms with Gasteiger partial charge in [-0.2, -0.15) is 0 Å². The standard InChI is InChI=1S/C13H16BrF2N/c1-2-8-17-9-4-3-5-10-12(15)7-6-11(14)13(10)16/h3,5-7,17H,2,4,8-9H2,1H3/b5-3+. The van der Waals surface area contributed by atoms with Crippen molar-refractivity contribution in [1.82, 2.24) is 5.32 Å². The van der Waals surface area contributed by atoms with E-state index in [0.29, 0.717) is 0 Å². The van der Waals surface area contributed by atoms with E-state index in [1.165, 1.54) is 18.2 Å². The highest BCUT2D eigenvalue weighted by Gasteiger charge is 2.08. The first-order chi connectivity index (χ1) is 8.16. The Balaban J connectivity index is 2.56. The molecule has 4 heteroatoms. The Morgan fingerprint density at radius 1 is 1.29 bits per heavy atom. The molecule has 0 aliphatic carbocycles. The third-order valence-corrected chi connectivity index (χ3v) is 2.89. The first-order valence-corrected chi connectivity index (χ1v) is 6.47. The first-order valence-electron chi connectivity index (χ1n) is 5.67. The van der Waals surface area contributed by atoms with Gasteiger partial charge in [0.15, 0.2) is 0 Å². The summed E-state index contributed by atoms with van der Waals surface area (Å²) in [5, 5.41) is 3.21. The lowest BCUT2D eigenvalue weighted by Crippen LogP contribution is -2.14. The summed E-state index contributed by atoms with van der Waals surface area (Å²) in [6, 6.07) is 2.62. The second-order valence-electron chi connectivity index (χ2n) is 3.70. The van der Waals surface area contributed by atoms with Crippen molar-refractivity contribution in [3.05, 3.63) is 39.9 Å². The molecule has 0 aliphatic rings. The maximum absolute atomic E-state index is 13.5. The molecule has 0 saturated carbocycles. The van der Waals surface area contributed by atoms with Crippen molar-refractivity contribution in [3.63, 3.8) is 0 Å². The number of rotatable bonds is 6. The van der Waals surface area contributed by atoms with E-state index in [9.17, 15) is 8.78 Å². The smallest absolute Gasteiger partial charge is 0.147 e. The zero-order chi connectivity index (χ0) is 12.7. The lowest BCUT2D eigenvalue weighted by atomic mass is 10.1. The van der Waals surface area contributed by atoms with Crippen LogP contribution in [0, 0.1) is 11.6 Å². The predicted molar refractivity (Wildman–Crippen MR) is 70.9 cm³/mol. The fraction of sp³-hybridized carbons (Fsp3) is 0.385. The van der Waals surface area contributed by atoms with Crippen molar-refractivity contribution < 1.29 is 8.78 Å². The van der Waals surface area contributed by atoms with Crippen molar-refractivity contribution in [2.45, 2.75) is 19.8 Å². The molecule has 17 heavy (non-hydrogen) atoms. The number of nitrogens with one attached hydrogen (secondary N) is 1. The van der Waals surface area contributed by atoms with Gasteiger partial charge >= 0.3 is 0 Å². The van der Waals surface area contributed by atoms with Crippen molar-refractivity contribution in [2.75, 3.05) is 13.1 Å². The van der Waals surface area contributed by atoms with E-state index in [-0.39, 0.29) is 10.0 Å². The molecule has 0 radical (unpaired) electrons. The molecule has 0 spiro atoms. The zero-order valence-electron chi connectivity index (χ0n) is 9.77. The highest BCUT2D eigenvalue weighted by molar-refractivity contribution is 9.10. The molecule has 0 unspecified atom stereocenters. The molecule has 1 rings (SSSR count). The average molecular weight is 304 g/mol. The summed E-state index contributed by atoms with van der Waals surface area (Å²) in [6.07, 6.45) is 5.10. The molecular weight excluding hydrogens is 288 g/mol. The van der Waals surface area contributed by atoms with Crippen LogP contribution in [0.1, 0.15) is 25.3 Å². The summed E-state index contributed by atoms with van der Waals surface area (Å²) in [5.41, 5.74) is 0.00914. The van der Waals surface area contributed by atoms with Crippen molar-refractivity contribution in [3.8, 4) is 0 Å². The number of halogens is 3. The van der Waals surface area contributed by atoms with E-state index in [2.05, 4.69) is 28.2 Å². The van der Waals surface area contributed by atoms with Crippen molar-refractivity contribution >= 4 is 22.0 Å². The van der Waals surface area contributed by atoms with Gasteiger partial charge < -0.3 is 5.32 Å². The molecule has 0 saturated heterocycles. The Hall–Kier alpha value is -0.740. The molecule has 0 fully saturated rings. The monoisotopic (exact) mass is 303 g/mol. The normalized spacial score (nSPS) is 11.3. The van der Waals surface area contributed by atoms with Crippen LogP contribution in [0.3, 0.4) is 0 Å². The second kappa shape index (κ2) is 7.56. The molecule has 0 amide bonds. The maximum atomic E-state index is 13.5. The Morgan fingerprint density at radius 2 is 2.06 bits per heavy atom. The fourth-order valence-corrected chi connectivity index (χ4v) is 1.73. The molecule has 1 nitrogen and oxygen atoms in total. The zero-order valence-corrected chi connectivity index (χ0v) is 11.4. The highest BCUT2D eigenvalue weighted by atomic mass is 79.9. The lowest BCUT2D eigenvalue weighted by Gasteiger charge is -2.02. The minimum Gasteiger partial charge on any atom is -0.316 e. The van der Waals surface area contributed by atoms with E-state index in [1.54, 1.807) is 6.08 Å². The molecule has 1 aromatic carbocycles.